The number of hydrogen-bond donors (Lipinski definition) is 1. The minimum Gasteiger partial charge on any atom is -1.00 e. The third-order valence-electron chi connectivity index (χ3n) is 0.601. The van der Waals surface area contributed by atoms with Crippen molar-refractivity contribution in [2.24, 2.45) is 0 Å². The maximum Gasteiger partial charge on any atom is 1.00 e. The van der Waals surface area contributed by atoms with Crippen LogP contribution in [-0.4, -0.2) is 23.7 Å². The summed E-state index contributed by atoms with van der Waals surface area (Å²) < 4.78 is 4.33. The Bertz CT molecular complexity index is 128. The van der Waals surface area contributed by atoms with Crippen LogP contribution in [0.4, 0.5) is 0 Å². The molecule has 0 radical (unpaired) electrons. The molecule has 0 aliphatic carbocycles. The molecular formula is C5H9ClO4. The lowest BCUT2D eigenvalue weighted by Gasteiger charge is -1.95. The van der Waals surface area contributed by atoms with Crippen LogP contribution in [0.2, 0.25) is 0 Å². The molecule has 0 aromatic rings. The van der Waals surface area contributed by atoms with E-state index in [0.29, 0.717) is 0 Å². The maximum absolute atomic E-state index is 10.3. The van der Waals surface area contributed by atoms with E-state index in [1.165, 1.54) is 0 Å². The summed E-state index contributed by atoms with van der Waals surface area (Å²) in [7, 11) is 0. The molecule has 1 N–H and O–H groups in total. The molecule has 0 spiro atoms. The van der Waals surface area contributed by atoms with Crippen molar-refractivity contribution in [1.29, 1.82) is 0 Å². The molecule has 5 heteroatoms. The second-order valence-corrected chi connectivity index (χ2v) is 1.38. The fourth-order valence-electron chi connectivity index (χ4n) is 0.335. The van der Waals surface area contributed by atoms with Gasteiger partial charge in [-0.1, -0.05) is 0 Å². The first kappa shape index (κ1) is 12.0. The van der Waals surface area contributed by atoms with Crippen LogP contribution in [0.5, 0.6) is 0 Å². The van der Waals surface area contributed by atoms with E-state index in [1.807, 2.05) is 0 Å². The van der Waals surface area contributed by atoms with Crippen molar-refractivity contribution in [3.8, 4) is 0 Å². The standard InChI is InChI=1S/C5H8O4.ClH/c1-2-9-5(8)3-4(6)7;/h2-3H2,1H3,(H,6,7);1H. The van der Waals surface area contributed by atoms with E-state index in [9.17, 15) is 9.59 Å². The molecule has 0 bridgehead atoms. The predicted octanol–water partition coefficient (Wildman–Crippen LogP) is -2.86. The van der Waals surface area contributed by atoms with Gasteiger partial charge in [-0.15, -0.1) is 0 Å². The molecule has 0 aliphatic rings. The van der Waals surface area contributed by atoms with Crippen molar-refractivity contribution >= 4 is 11.9 Å². The van der Waals surface area contributed by atoms with Crippen LogP contribution in [0.1, 0.15) is 14.8 Å². The average molecular weight is 169 g/mol. The molecule has 0 unspecified atom stereocenters. The van der Waals surface area contributed by atoms with Crippen molar-refractivity contribution in [3.63, 3.8) is 0 Å². The van der Waals surface area contributed by atoms with Crippen molar-refractivity contribution in [1.82, 2.24) is 0 Å². The van der Waals surface area contributed by atoms with Crippen molar-refractivity contribution in [2.75, 3.05) is 6.61 Å². The van der Waals surface area contributed by atoms with Crippen LogP contribution < -0.4 is 12.4 Å². The van der Waals surface area contributed by atoms with Crippen LogP contribution in [0.15, 0.2) is 0 Å². The molecule has 0 aliphatic heterocycles. The first-order valence-corrected chi connectivity index (χ1v) is 2.54. The third-order valence-corrected chi connectivity index (χ3v) is 0.601. The zero-order chi connectivity index (χ0) is 7.28. The van der Waals surface area contributed by atoms with E-state index in [4.69, 9.17) is 5.11 Å². The van der Waals surface area contributed by atoms with E-state index in [1.54, 1.807) is 6.92 Å². The predicted molar refractivity (Wildman–Crippen MR) is 30.0 cm³/mol. The SMILES string of the molecule is CCOC(=O)CC(=O)O.[Cl-].[H+]. The molecule has 0 rings (SSSR count). The minimum atomic E-state index is -1.16. The van der Waals surface area contributed by atoms with Gasteiger partial charge in [0.2, 0.25) is 0 Å². The van der Waals surface area contributed by atoms with Crippen molar-refractivity contribution < 1.29 is 33.3 Å². The van der Waals surface area contributed by atoms with Gasteiger partial charge >= 0.3 is 13.4 Å². The van der Waals surface area contributed by atoms with Crippen LogP contribution in [0.3, 0.4) is 0 Å². The first-order chi connectivity index (χ1) is 4.16. The Morgan fingerprint density at radius 1 is 1.60 bits per heavy atom. The van der Waals surface area contributed by atoms with E-state index >= 15 is 0 Å². The van der Waals surface area contributed by atoms with E-state index in [0.717, 1.165) is 0 Å². The number of ether oxygens (including phenoxy) is 1. The monoisotopic (exact) mass is 168 g/mol. The Hall–Kier alpha value is -0.770. The number of esters is 1. The van der Waals surface area contributed by atoms with E-state index in [-0.39, 0.29) is 20.4 Å². The topological polar surface area (TPSA) is 63.6 Å². The average Bonchev–Trinajstić information content (AvgIpc) is 1.63. The van der Waals surface area contributed by atoms with Crippen molar-refractivity contribution in [2.45, 2.75) is 13.3 Å². The van der Waals surface area contributed by atoms with E-state index < -0.39 is 18.4 Å². The molecule has 0 heterocycles. The van der Waals surface area contributed by atoms with E-state index in [2.05, 4.69) is 4.74 Å². The quantitative estimate of drug-likeness (QED) is 0.364. The highest BCUT2D eigenvalue weighted by Gasteiger charge is 2.06. The normalized spacial score (nSPS) is 7.70. The summed E-state index contributed by atoms with van der Waals surface area (Å²) in [6.45, 7) is 1.85. The van der Waals surface area contributed by atoms with Gasteiger partial charge in [-0.2, -0.15) is 0 Å². The molecule has 0 saturated heterocycles. The molecule has 0 atom stereocenters. The number of aliphatic carboxylic acids is 1. The number of rotatable bonds is 3. The number of hydrogen-bond acceptors (Lipinski definition) is 3. The number of carbonyl (C=O) groups excluding carboxylic acids is 1. The molecule has 0 fully saturated rings. The molecule has 10 heavy (non-hydrogen) atoms. The number of carbonyl (C=O) groups is 2. The molecule has 0 aromatic heterocycles. The van der Waals surface area contributed by atoms with Crippen LogP contribution in [-0.2, 0) is 14.3 Å². The molecule has 4 nitrogen and oxygen atoms in total. The smallest absolute Gasteiger partial charge is 1.00 e. The zero-order valence-corrected chi connectivity index (χ0v) is 6.22. The van der Waals surface area contributed by atoms with Gasteiger partial charge in [0.15, 0.2) is 0 Å². The van der Waals surface area contributed by atoms with Crippen LogP contribution >= 0.6 is 0 Å². The van der Waals surface area contributed by atoms with Gasteiger partial charge in [-0.05, 0) is 6.92 Å². The summed E-state index contributed by atoms with van der Waals surface area (Å²) in [5, 5.41) is 8.01. The van der Waals surface area contributed by atoms with Gasteiger partial charge < -0.3 is 22.3 Å². The minimum absolute atomic E-state index is 0. The maximum atomic E-state index is 10.3. The lowest BCUT2D eigenvalue weighted by atomic mass is 10.4. The number of carboxylic acid groups (broad SMARTS) is 1. The summed E-state index contributed by atoms with van der Waals surface area (Å²) in [5.41, 5.74) is 0. The van der Waals surface area contributed by atoms with Gasteiger partial charge in [-0.25, -0.2) is 0 Å². The fraction of sp³-hybridized carbons (Fsp3) is 0.600. The lowest BCUT2D eigenvalue weighted by molar-refractivity contribution is -0.150. The Balaban J connectivity index is -0.000000320. The van der Waals surface area contributed by atoms with Gasteiger partial charge in [0.05, 0.1) is 6.61 Å². The van der Waals surface area contributed by atoms with Gasteiger partial charge in [0.1, 0.15) is 6.42 Å². The lowest BCUT2D eigenvalue weighted by Crippen LogP contribution is -3.00. The fourth-order valence-corrected chi connectivity index (χ4v) is 0.335. The Kier molecular flexibility index (Phi) is 7.60. The molecule has 0 saturated carbocycles. The molecule has 0 aromatic carbocycles. The van der Waals surface area contributed by atoms with Gasteiger partial charge in [-0.3, -0.25) is 9.59 Å². The second kappa shape index (κ2) is 6.35. The van der Waals surface area contributed by atoms with Gasteiger partial charge in [0.25, 0.3) is 0 Å². The number of carboxylic acids is 1. The molecule has 60 valence electrons. The largest absolute Gasteiger partial charge is 1.00 e. The summed E-state index contributed by atoms with van der Waals surface area (Å²) in [4.78, 5) is 20.0. The summed E-state index contributed by atoms with van der Waals surface area (Å²) in [6.07, 6.45) is -0.548. The molecule has 0 amide bonds. The molecular weight excluding hydrogens is 160 g/mol. The summed E-state index contributed by atoms with van der Waals surface area (Å²) >= 11 is 0. The highest BCUT2D eigenvalue weighted by atomic mass is 35.5. The number of halogens is 1. The second-order valence-electron chi connectivity index (χ2n) is 1.38. The van der Waals surface area contributed by atoms with Gasteiger partial charge in [0, 0.05) is 0 Å². The van der Waals surface area contributed by atoms with Crippen LogP contribution in [0.25, 0.3) is 0 Å². The Labute approximate surface area is 66.1 Å². The summed E-state index contributed by atoms with van der Waals surface area (Å²) in [5.74, 6) is -1.85. The zero-order valence-electron chi connectivity index (χ0n) is 6.46. The Morgan fingerprint density at radius 3 is 2.40 bits per heavy atom. The third kappa shape index (κ3) is 7.23. The Morgan fingerprint density at radius 2 is 2.10 bits per heavy atom. The summed E-state index contributed by atoms with van der Waals surface area (Å²) in [6, 6.07) is 0. The highest BCUT2D eigenvalue weighted by Crippen LogP contribution is 1.84. The van der Waals surface area contributed by atoms with Crippen LogP contribution in [0, 0.1) is 0 Å². The highest BCUT2D eigenvalue weighted by molar-refractivity contribution is 5.90. The first-order valence-electron chi connectivity index (χ1n) is 2.54. The van der Waals surface area contributed by atoms with Crippen molar-refractivity contribution in [3.05, 3.63) is 0 Å².